The van der Waals surface area contributed by atoms with Gasteiger partial charge in [0.05, 0.1) is 6.61 Å². The summed E-state index contributed by atoms with van der Waals surface area (Å²) in [6.07, 6.45) is 0. The number of amides is 1. The number of ether oxygens (including phenoxy) is 1. The Kier molecular flexibility index (Phi) is 5.65. The monoisotopic (exact) mass is 250 g/mol. The summed E-state index contributed by atoms with van der Waals surface area (Å²) in [5, 5.41) is 0. The average molecular weight is 250 g/mol. The molecule has 0 spiro atoms. The number of nitrogens with zero attached hydrogens (tertiary/aromatic N) is 1. The van der Waals surface area contributed by atoms with Crippen molar-refractivity contribution in [1.29, 1.82) is 0 Å². The van der Waals surface area contributed by atoms with E-state index in [1.165, 1.54) is 0 Å². The van der Waals surface area contributed by atoms with Crippen LogP contribution in [0.3, 0.4) is 0 Å². The molecule has 1 amide bonds. The van der Waals surface area contributed by atoms with E-state index in [2.05, 4.69) is 0 Å². The summed E-state index contributed by atoms with van der Waals surface area (Å²) in [6.45, 7) is 7.34. The van der Waals surface area contributed by atoms with Crippen molar-refractivity contribution in [1.82, 2.24) is 0 Å². The van der Waals surface area contributed by atoms with Crippen LogP contribution in [-0.2, 0) is 4.79 Å². The van der Waals surface area contributed by atoms with E-state index in [1.807, 2.05) is 45.0 Å². The number of anilines is 1. The van der Waals surface area contributed by atoms with Gasteiger partial charge in [0.1, 0.15) is 5.75 Å². The molecular formula is C14H22N2O2. The zero-order valence-electron chi connectivity index (χ0n) is 11.3. The molecule has 0 saturated carbocycles. The van der Waals surface area contributed by atoms with Crippen molar-refractivity contribution in [2.24, 2.45) is 11.7 Å². The lowest BCUT2D eigenvalue weighted by Gasteiger charge is -2.24. The summed E-state index contributed by atoms with van der Waals surface area (Å²) >= 11 is 0. The molecule has 2 N–H and O–H groups in total. The van der Waals surface area contributed by atoms with Crippen molar-refractivity contribution >= 4 is 11.6 Å². The van der Waals surface area contributed by atoms with E-state index in [-0.39, 0.29) is 11.8 Å². The van der Waals surface area contributed by atoms with Crippen LogP contribution < -0.4 is 15.4 Å². The smallest absolute Gasteiger partial charge is 0.229 e. The van der Waals surface area contributed by atoms with Gasteiger partial charge in [-0.15, -0.1) is 0 Å². The number of nitrogens with two attached hydrogens (primary N) is 1. The third kappa shape index (κ3) is 3.74. The lowest BCUT2D eigenvalue weighted by molar-refractivity contribution is -0.121. The molecule has 0 saturated heterocycles. The normalized spacial score (nSPS) is 10.5. The summed E-state index contributed by atoms with van der Waals surface area (Å²) in [7, 11) is 0. The SMILES string of the molecule is CCOc1ccc(N(CCN)C(=O)C(C)C)cc1. The van der Waals surface area contributed by atoms with Gasteiger partial charge in [-0.05, 0) is 31.2 Å². The Balaban J connectivity index is 2.88. The molecule has 1 aromatic rings. The zero-order chi connectivity index (χ0) is 13.5. The third-order valence-corrected chi connectivity index (χ3v) is 2.57. The molecule has 1 rings (SSSR count). The lowest BCUT2D eigenvalue weighted by atomic mass is 10.1. The van der Waals surface area contributed by atoms with E-state index in [4.69, 9.17) is 10.5 Å². The fourth-order valence-electron chi connectivity index (χ4n) is 1.70. The molecule has 0 bridgehead atoms. The Morgan fingerprint density at radius 1 is 1.33 bits per heavy atom. The topological polar surface area (TPSA) is 55.6 Å². The number of benzene rings is 1. The van der Waals surface area contributed by atoms with E-state index < -0.39 is 0 Å². The molecule has 4 nitrogen and oxygen atoms in total. The van der Waals surface area contributed by atoms with Gasteiger partial charge in [-0.1, -0.05) is 13.8 Å². The quantitative estimate of drug-likeness (QED) is 0.840. The number of carbonyl (C=O) groups excluding carboxylic acids is 1. The molecule has 0 aliphatic heterocycles. The predicted molar refractivity (Wildman–Crippen MR) is 73.9 cm³/mol. The maximum absolute atomic E-state index is 12.1. The number of hydrogen-bond acceptors (Lipinski definition) is 3. The molecule has 0 atom stereocenters. The van der Waals surface area contributed by atoms with Crippen LogP contribution in [-0.4, -0.2) is 25.6 Å². The van der Waals surface area contributed by atoms with E-state index >= 15 is 0 Å². The van der Waals surface area contributed by atoms with Gasteiger partial charge in [-0.3, -0.25) is 4.79 Å². The van der Waals surface area contributed by atoms with Crippen LogP contribution in [0.1, 0.15) is 20.8 Å². The van der Waals surface area contributed by atoms with Crippen LogP contribution in [0.15, 0.2) is 24.3 Å². The molecule has 1 aromatic carbocycles. The Labute approximate surface area is 109 Å². The van der Waals surface area contributed by atoms with E-state index in [9.17, 15) is 4.79 Å². The van der Waals surface area contributed by atoms with Gasteiger partial charge < -0.3 is 15.4 Å². The molecule has 0 fully saturated rings. The summed E-state index contributed by atoms with van der Waals surface area (Å²) in [5.74, 6) is 0.860. The van der Waals surface area contributed by atoms with E-state index in [0.29, 0.717) is 19.7 Å². The first-order valence-corrected chi connectivity index (χ1v) is 6.34. The minimum absolute atomic E-state index is 0.0388. The third-order valence-electron chi connectivity index (χ3n) is 2.57. The van der Waals surface area contributed by atoms with Crippen LogP contribution in [0.5, 0.6) is 5.75 Å². The second-order valence-corrected chi connectivity index (χ2v) is 4.36. The highest BCUT2D eigenvalue weighted by molar-refractivity contribution is 5.94. The fourth-order valence-corrected chi connectivity index (χ4v) is 1.70. The Bertz CT molecular complexity index is 374. The van der Waals surface area contributed by atoms with Crippen LogP contribution >= 0.6 is 0 Å². The molecule has 0 radical (unpaired) electrons. The lowest BCUT2D eigenvalue weighted by Crippen LogP contribution is -2.38. The first-order chi connectivity index (χ1) is 8.60. The van der Waals surface area contributed by atoms with Crippen molar-refractivity contribution in [3.63, 3.8) is 0 Å². The molecule has 0 aliphatic rings. The summed E-state index contributed by atoms with van der Waals surface area (Å²) in [5.41, 5.74) is 6.43. The molecule has 0 unspecified atom stereocenters. The second kappa shape index (κ2) is 7.01. The van der Waals surface area contributed by atoms with Crippen molar-refractivity contribution in [3.8, 4) is 5.75 Å². The first kappa shape index (κ1) is 14.5. The zero-order valence-corrected chi connectivity index (χ0v) is 11.3. The van der Waals surface area contributed by atoms with E-state index in [0.717, 1.165) is 11.4 Å². The van der Waals surface area contributed by atoms with E-state index in [1.54, 1.807) is 4.90 Å². The summed E-state index contributed by atoms with van der Waals surface area (Å²) in [4.78, 5) is 13.8. The minimum Gasteiger partial charge on any atom is -0.494 e. The highest BCUT2D eigenvalue weighted by atomic mass is 16.5. The Hall–Kier alpha value is -1.55. The molecule has 0 aromatic heterocycles. The Morgan fingerprint density at radius 2 is 1.94 bits per heavy atom. The van der Waals surface area contributed by atoms with Gasteiger partial charge in [-0.25, -0.2) is 0 Å². The average Bonchev–Trinajstić information content (AvgIpc) is 2.36. The number of rotatable bonds is 6. The van der Waals surface area contributed by atoms with Crippen LogP contribution in [0.2, 0.25) is 0 Å². The standard InChI is InChI=1S/C14H22N2O2/c1-4-18-13-7-5-12(6-8-13)16(10-9-15)14(17)11(2)3/h5-8,11H,4,9-10,15H2,1-3H3. The molecule has 100 valence electrons. The van der Waals surface area contributed by atoms with Crippen molar-refractivity contribution in [2.45, 2.75) is 20.8 Å². The number of hydrogen-bond donors (Lipinski definition) is 1. The molecule has 18 heavy (non-hydrogen) atoms. The first-order valence-electron chi connectivity index (χ1n) is 6.34. The minimum atomic E-state index is -0.0388. The van der Waals surface area contributed by atoms with Crippen LogP contribution in [0, 0.1) is 5.92 Å². The van der Waals surface area contributed by atoms with Gasteiger partial charge in [0, 0.05) is 24.7 Å². The van der Waals surface area contributed by atoms with Gasteiger partial charge in [-0.2, -0.15) is 0 Å². The van der Waals surface area contributed by atoms with Gasteiger partial charge >= 0.3 is 0 Å². The van der Waals surface area contributed by atoms with Gasteiger partial charge in [0.2, 0.25) is 5.91 Å². The van der Waals surface area contributed by atoms with Crippen LogP contribution in [0.25, 0.3) is 0 Å². The second-order valence-electron chi connectivity index (χ2n) is 4.36. The molecule has 0 heterocycles. The summed E-state index contributed by atoms with van der Waals surface area (Å²) in [6, 6.07) is 7.52. The predicted octanol–water partition coefficient (Wildman–Crippen LogP) is 2.03. The van der Waals surface area contributed by atoms with Crippen molar-refractivity contribution < 1.29 is 9.53 Å². The fraction of sp³-hybridized carbons (Fsp3) is 0.500. The van der Waals surface area contributed by atoms with Gasteiger partial charge in [0.25, 0.3) is 0 Å². The summed E-state index contributed by atoms with van der Waals surface area (Å²) < 4.78 is 5.38. The Morgan fingerprint density at radius 3 is 2.39 bits per heavy atom. The van der Waals surface area contributed by atoms with Crippen molar-refractivity contribution in [2.75, 3.05) is 24.6 Å². The highest BCUT2D eigenvalue weighted by Gasteiger charge is 2.17. The molecule has 0 aliphatic carbocycles. The number of carbonyl (C=O) groups is 1. The molecular weight excluding hydrogens is 228 g/mol. The molecule has 4 heteroatoms. The largest absolute Gasteiger partial charge is 0.494 e. The maximum atomic E-state index is 12.1. The van der Waals surface area contributed by atoms with Crippen LogP contribution in [0.4, 0.5) is 5.69 Å². The van der Waals surface area contributed by atoms with Gasteiger partial charge in [0.15, 0.2) is 0 Å². The van der Waals surface area contributed by atoms with Crippen molar-refractivity contribution in [3.05, 3.63) is 24.3 Å². The maximum Gasteiger partial charge on any atom is 0.229 e. The highest BCUT2D eigenvalue weighted by Crippen LogP contribution is 2.20.